The Balaban J connectivity index is 1.44. The molecule has 2 aliphatic heterocycles. The zero-order valence-corrected chi connectivity index (χ0v) is 16.8. The van der Waals surface area contributed by atoms with Crippen molar-refractivity contribution < 1.29 is 37.0 Å². The lowest BCUT2D eigenvalue weighted by molar-refractivity contribution is -0.147. The topological polar surface area (TPSA) is 117 Å². The minimum Gasteiger partial charge on any atom is -0.486 e. The van der Waals surface area contributed by atoms with E-state index in [0.717, 1.165) is 0 Å². The van der Waals surface area contributed by atoms with Crippen LogP contribution in [0.2, 0.25) is 0 Å². The molecule has 0 aromatic heterocycles. The maximum atomic E-state index is 12.7. The second kappa shape index (κ2) is 7.86. The molecule has 158 valence electrons. The zero-order valence-electron chi connectivity index (χ0n) is 16.0. The van der Waals surface area contributed by atoms with Crippen LogP contribution in [0.15, 0.2) is 47.4 Å². The molecule has 2 atom stereocenters. The average molecular weight is 433 g/mol. The SMILES string of the molecule is CC1CC(OC(=O)c2ccc(NS(=O)(=O)c3ccc4c(c3)OCCO4)cc2)C(=O)O1. The summed E-state index contributed by atoms with van der Waals surface area (Å²) in [4.78, 5) is 23.8. The van der Waals surface area contributed by atoms with Gasteiger partial charge in [0.15, 0.2) is 11.5 Å². The van der Waals surface area contributed by atoms with Gasteiger partial charge in [0.25, 0.3) is 10.0 Å². The summed E-state index contributed by atoms with van der Waals surface area (Å²) in [6.07, 6.45) is -0.925. The van der Waals surface area contributed by atoms with Gasteiger partial charge in [0, 0.05) is 18.2 Å². The first kappa shape index (κ1) is 20.0. The number of fused-ring (bicyclic) bond motifs is 1. The van der Waals surface area contributed by atoms with Crippen LogP contribution >= 0.6 is 0 Å². The summed E-state index contributed by atoms with van der Waals surface area (Å²) < 4.78 is 48.7. The Kier molecular flexibility index (Phi) is 5.25. The van der Waals surface area contributed by atoms with Gasteiger partial charge in [-0.1, -0.05) is 0 Å². The number of carbonyl (C=O) groups is 2. The predicted molar refractivity (Wildman–Crippen MR) is 104 cm³/mol. The molecule has 0 bridgehead atoms. The molecule has 4 rings (SSSR count). The zero-order chi connectivity index (χ0) is 21.3. The van der Waals surface area contributed by atoms with Crippen molar-refractivity contribution in [2.24, 2.45) is 0 Å². The van der Waals surface area contributed by atoms with Gasteiger partial charge in [-0.15, -0.1) is 0 Å². The van der Waals surface area contributed by atoms with Crippen molar-refractivity contribution in [1.29, 1.82) is 0 Å². The molecule has 1 N–H and O–H groups in total. The molecule has 9 nitrogen and oxygen atoms in total. The van der Waals surface area contributed by atoms with Gasteiger partial charge < -0.3 is 18.9 Å². The van der Waals surface area contributed by atoms with Crippen LogP contribution in [0.4, 0.5) is 5.69 Å². The molecule has 0 saturated carbocycles. The third-order valence-corrected chi connectivity index (χ3v) is 5.95. The van der Waals surface area contributed by atoms with Crippen LogP contribution in [0.3, 0.4) is 0 Å². The van der Waals surface area contributed by atoms with Gasteiger partial charge in [0.05, 0.1) is 10.5 Å². The van der Waals surface area contributed by atoms with Gasteiger partial charge in [0.2, 0.25) is 6.10 Å². The number of hydrogen-bond acceptors (Lipinski definition) is 8. The van der Waals surface area contributed by atoms with Gasteiger partial charge in [0.1, 0.15) is 19.3 Å². The molecule has 0 aliphatic carbocycles. The van der Waals surface area contributed by atoms with Crippen molar-refractivity contribution in [3.05, 3.63) is 48.0 Å². The van der Waals surface area contributed by atoms with Crippen molar-refractivity contribution in [1.82, 2.24) is 0 Å². The predicted octanol–water partition coefficient (Wildman–Crippen LogP) is 2.12. The highest BCUT2D eigenvalue weighted by Crippen LogP contribution is 2.32. The first-order valence-corrected chi connectivity index (χ1v) is 10.7. The lowest BCUT2D eigenvalue weighted by Crippen LogP contribution is -2.22. The Bertz CT molecular complexity index is 1080. The summed E-state index contributed by atoms with van der Waals surface area (Å²) >= 11 is 0. The fraction of sp³-hybridized carbons (Fsp3) is 0.300. The molecule has 2 aromatic rings. The number of rotatable bonds is 5. The van der Waals surface area contributed by atoms with E-state index in [1.807, 2.05) is 0 Å². The maximum absolute atomic E-state index is 12.7. The quantitative estimate of drug-likeness (QED) is 0.713. The molecule has 2 unspecified atom stereocenters. The first-order valence-electron chi connectivity index (χ1n) is 9.26. The molecular formula is C20H19NO8S. The Morgan fingerprint density at radius 1 is 1.07 bits per heavy atom. The number of anilines is 1. The molecule has 1 fully saturated rings. The number of benzene rings is 2. The largest absolute Gasteiger partial charge is 0.486 e. The Morgan fingerprint density at radius 3 is 2.43 bits per heavy atom. The number of hydrogen-bond donors (Lipinski definition) is 1. The summed E-state index contributed by atoms with van der Waals surface area (Å²) in [6.45, 7) is 2.47. The molecule has 0 spiro atoms. The van der Waals surface area contributed by atoms with Gasteiger partial charge in [-0.2, -0.15) is 0 Å². The minimum atomic E-state index is -3.87. The van der Waals surface area contributed by atoms with Crippen LogP contribution in [-0.2, 0) is 24.3 Å². The van der Waals surface area contributed by atoms with Crippen molar-refractivity contribution in [3.8, 4) is 11.5 Å². The van der Waals surface area contributed by atoms with Crippen LogP contribution < -0.4 is 14.2 Å². The Morgan fingerprint density at radius 2 is 1.77 bits per heavy atom. The summed E-state index contributed by atoms with van der Waals surface area (Å²) in [6, 6.07) is 10.0. The first-order chi connectivity index (χ1) is 14.3. The van der Waals surface area contributed by atoms with Crippen LogP contribution in [0.25, 0.3) is 0 Å². The van der Waals surface area contributed by atoms with Crippen molar-refractivity contribution >= 4 is 27.6 Å². The molecule has 10 heteroatoms. The molecule has 2 aromatic carbocycles. The molecular weight excluding hydrogens is 414 g/mol. The average Bonchev–Trinajstić information content (AvgIpc) is 3.04. The minimum absolute atomic E-state index is 0.0177. The van der Waals surface area contributed by atoms with E-state index < -0.39 is 28.1 Å². The number of cyclic esters (lactones) is 1. The molecule has 1 saturated heterocycles. The van der Waals surface area contributed by atoms with Gasteiger partial charge in [-0.05, 0) is 43.3 Å². The highest BCUT2D eigenvalue weighted by Gasteiger charge is 2.35. The molecule has 2 heterocycles. The highest BCUT2D eigenvalue weighted by atomic mass is 32.2. The third-order valence-electron chi connectivity index (χ3n) is 4.57. The van der Waals surface area contributed by atoms with E-state index >= 15 is 0 Å². The van der Waals surface area contributed by atoms with Crippen LogP contribution in [-0.4, -0.2) is 45.8 Å². The van der Waals surface area contributed by atoms with Crippen LogP contribution in [0.1, 0.15) is 23.7 Å². The van der Waals surface area contributed by atoms with Crippen LogP contribution in [0, 0.1) is 0 Å². The standard InChI is InChI=1S/C20H19NO8S/c1-12-10-18(20(23)28-12)29-19(22)13-2-4-14(5-3-13)21-30(24,25)15-6-7-16-17(11-15)27-9-8-26-16/h2-7,11-12,18,21H,8-10H2,1H3. The van der Waals surface area contributed by atoms with E-state index in [2.05, 4.69) is 4.72 Å². The van der Waals surface area contributed by atoms with E-state index in [-0.39, 0.29) is 22.3 Å². The molecule has 0 amide bonds. The van der Waals surface area contributed by atoms with E-state index in [0.29, 0.717) is 31.1 Å². The second-order valence-electron chi connectivity index (χ2n) is 6.87. The highest BCUT2D eigenvalue weighted by molar-refractivity contribution is 7.92. The van der Waals surface area contributed by atoms with Crippen LogP contribution in [0.5, 0.6) is 11.5 Å². The van der Waals surface area contributed by atoms with Gasteiger partial charge in [-0.3, -0.25) is 4.72 Å². The smallest absolute Gasteiger partial charge is 0.347 e. The van der Waals surface area contributed by atoms with Crippen molar-refractivity contribution in [2.45, 2.75) is 30.4 Å². The van der Waals surface area contributed by atoms with Gasteiger partial charge in [-0.25, -0.2) is 18.0 Å². The number of carbonyl (C=O) groups excluding carboxylic acids is 2. The fourth-order valence-electron chi connectivity index (χ4n) is 3.09. The van der Waals surface area contributed by atoms with E-state index in [1.165, 1.54) is 42.5 Å². The lowest BCUT2D eigenvalue weighted by Gasteiger charge is -2.19. The summed E-state index contributed by atoms with van der Waals surface area (Å²) in [5, 5.41) is 0. The van der Waals surface area contributed by atoms with Crippen molar-refractivity contribution in [3.63, 3.8) is 0 Å². The lowest BCUT2D eigenvalue weighted by atomic mass is 10.2. The van der Waals surface area contributed by atoms with Crippen molar-refractivity contribution in [2.75, 3.05) is 17.9 Å². The fourth-order valence-corrected chi connectivity index (χ4v) is 4.17. The summed E-state index contributed by atoms with van der Waals surface area (Å²) in [7, 11) is -3.87. The summed E-state index contributed by atoms with van der Waals surface area (Å²) in [5.41, 5.74) is 0.444. The summed E-state index contributed by atoms with van der Waals surface area (Å²) in [5.74, 6) is -0.405. The van der Waals surface area contributed by atoms with E-state index in [1.54, 1.807) is 6.92 Å². The number of ether oxygens (including phenoxy) is 4. The Hall–Kier alpha value is -3.27. The normalized spacial score (nSPS) is 20.4. The van der Waals surface area contributed by atoms with E-state index in [9.17, 15) is 18.0 Å². The molecule has 0 radical (unpaired) electrons. The number of nitrogens with one attached hydrogen (secondary N) is 1. The van der Waals surface area contributed by atoms with E-state index in [4.69, 9.17) is 18.9 Å². The third kappa shape index (κ3) is 4.18. The molecule has 30 heavy (non-hydrogen) atoms. The maximum Gasteiger partial charge on any atom is 0.347 e. The number of esters is 2. The Labute approximate surface area is 172 Å². The monoisotopic (exact) mass is 433 g/mol. The number of sulfonamides is 1. The second-order valence-corrected chi connectivity index (χ2v) is 8.55. The van der Waals surface area contributed by atoms with Gasteiger partial charge >= 0.3 is 11.9 Å². The molecule has 2 aliphatic rings.